The summed E-state index contributed by atoms with van der Waals surface area (Å²) in [4.78, 5) is 0. The van der Waals surface area contributed by atoms with Gasteiger partial charge in [0, 0.05) is 19.6 Å². The zero-order valence-corrected chi connectivity index (χ0v) is 12.6. The Labute approximate surface area is 117 Å². The second-order valence-corrected chi connectivity index (χ2v) is 8.88. The lowest BCUT2D eigenvalue weighted by Gasteiger charge is -2.45. The molecule has 2 heterocycles. The van der Waals surface area contributed by atoms with Gasteiger partial charge in [-0.1, -0.05) is 12.8 Å². The minimum atomic E-state index is -3.03. The maximum Gasteiger partial charge on any atom is 0.216 e. The molecule has 4 nitrogen and oxygen atoms in total. The quantitative estimate of drug-likeness (QED) is 0.841. The smallest absolute Gasteiger partial charge is 0.216 e. The van der Waals surface area contributed by atoms with Crippen molar-refractivity contribution in [1.29, 1.82) is 0 Å². The van der Waals surface area contributed by atoms with Gasteiger partial charge >= 0.3 is 0 Å². The summed E-state index contributed by atoms with van der Waals surface area (Å²) in [5, 5.41) is 3.38. The molecule has 110 valence electrons. The molecule has 1 saturated carbocycles. The first-order valence-corrected chi connectivity index (χ1v) is 9.33. The highest BCUT2D eigenvalue weighted by Crippen LogP contribution is 2.38. The first-order valence-electron chi connectivity index (χ1n) is 7.82. The van der Waals surface area contributed by atoms with E-state index in [1.807, 2.05) is 4.31 Å². The van der Waals surface area contributed by atoms with E-state index in [0.717, 1.165) is 58.3 Å². The maximum absolute atomic E-state index is 12.7. The number of hydrogen-bond donors (Lipinski definition) is 1. The summed E-state index contributed by atoms with van der Waals surface area (Å²) in [7, 11) is -3.03. The molecule has 19 heavy (non-hydrogen) atoms. The minimum Gasteiger partial charge on any atom is -0.316 e. The molecule has 0 aromatic carbocycles. The molecular formula is C14H26N2O2S. The molecule has 0 amide bonds. The zero-order chi connectivity index (χ0) is 13.3. The van der Waals surface area contributed by atoms with Crippen LogP contribution in [0.3, 0.4) is 0 Å². The van der Waals surface area contributed by atoms with E-state index in [9.17, 15) is 8.42 Å². The highest BCUT2D eigenvalue weighted by Gasteiger charge is 2.42. The van der Waals surface area contributed by atoms with Crippen LogP contribution in [0.15, 0.2) is 0 Å². The lowest BCUT2D eigenvalue weighted by atomic mass is 9.75. The molecule has 2 saturated heterocycles. The molecule has 1 aliphatic carbocycles. The SMILES string of the molecule is O=S(=O)(C1CCCC1)N1CCCC2(CCCNC2)C1. The molecule has 1 N–H and O–H groups in total. The standard InChI is InChI=1S/C14H26N2O2S/c17-19(18,13-5-1-2-6-13)16-10-4-8-14(12-16)7-3-9-15-11-14/h13,15H,1-12H2. The van der Waals surface area contributed by atoms with E-state index in [-0.39, 0.29) is 10.7 Å². The fourth-order valence-electron chi connectivity index (χ4n) is 4.16. The van der Waals surface area contributed by atoms with E-state index < -0.39 is 10.0 Å². The molecule has 2 aliphatic heterocycles. The van der Waals surface area contributed by atoms with E-state index in [1.165, 1.54) is 19.3 Å². The van der Waals surface area contributed by atoms with E-state index in [2.05, 4.69) is 5.32 Å². The molecule has 3 fully saturated rings. The molecule has 3 aliphatic rings. The van der Waals surface area contributed by atoms with Crippen LogP contribution in [-0.4, -0.2) is 44.2 Å². The minimum absolute atomic E-state index is 0.0841. The highest BCUT2D eigenvalue weighted by molar-refractivity contribution is 7.89. The van der Waals surface area contributed by atoms with Gasteiger partial charge in [-0.05, 0) is 50.5 Å². The van der Waals surface area contributed by atoms with Crippen LogP contribution in [0.5, 0.6) is 0 Å². The van der Waals surface area contributed by atoms with Gasteiger partial charge < -0.3 is 5.32 Å². The first-order chi connectivity index (χ1) is 9.12. The summed E-state index contributed by atoms with van der Waals surface area (Å²) in [5.41, 5.74) is 0.224. The van der Waals surface area contributed by atoms with Crippen molar-refractivity contribution < 1.29 is 8.42 Å². The Morgan fingerprint density at radius 3 is 2.47 bits per heavy atom. The molecule has 0 aromatic rings. The maximum atomic E-state index is 12.7. The van der Waals surface area contributed by atoms with Gasteiger partial charge in [0.2, 0.25) is 10.0 Å². The fourth-order valence-corrected chi connectivity index (χ4v) is 6.34. The van der Waals surface area contributed by atoms with Gasteiger partial charge in [-0.3, -0.25) is 0 Å². The van der Waals surface area contributed by atoms with Crippen molar-refractivity contribution in [2.45, 2.75) is 56.6 Å². The Balaban J connectivity index is 1.73. The van der Waals surface area contributed by atoms with Gasteiger partial charge in [-0.25, -0.2) is 12.7 Å². The van der Waals surface area contributed by atoms with Crippen molar-refractivity contribution >= 4 is 10.0 Å². The van der Waals surface area contributed by atoms with Crippen LogP contribution in [0, 0.1) is 5.41 Å². The lowest BCUT2D eigenvalue weighted by molar-refractivity contribution is 0.110. The third-order valence-corrected chi connectivity index (χ3v) is 7.62. The number of nitrogens with one attached hydrogen (secondary N) is 1. The molecule has 3 rings (SSSR count). The Hall–Kier alpha value is -0.130. The predicted molar refractivity (Wildman–Crippen MR) is 76.5 cm³/mol. The van der Waals surface area contributed by atoms with Crippen molar-refractivity contribution in [2.24, 2.45) is 5.41 Å². The second kappa shape index (κ2) is 5.34. The summed E-state index contributed by atoms with van der Waals surface area (Å²) < 4.78 is 27.3. The van der Waals surface area contributed by atoms with Gasteiger partial charge in [0.05, 0.1) is 5.25 Å². The highest BCUT2D eigenvalue weighted by atomic mass is 32.2. The van der Waals surface area contributed by atoms with E-state index in [1.54, 1.807) is 0 Å². The lowest BCUT2D eigenvalue weighted by Crippen LogP contribution is -2.53. The number of piperidine rings is 2. The largest absolute Gasteiger partial charge is 0.316 e. The molecular weight excluding hydrogens is 260 g/mol. The number of sulfonamides is 1. The van der Waals surface area contributed by atoms with Gasteiger partial charge in [-0.15, -0.1) is 0 Å². The fraction of sp³-hybridized carbons (Fsp3) is 1.00. The third kappa shape index (κ3) is 2.69. The van der Waals surface area contributed by atoms with E-state index in [0.29, 0.717) is 0 Å². The molecule has 5 heteroatoms. The zero-order valence-electron chi connectivity index (χ0n) is 11.7. The molecule has 0 bridgehead atoms. The number of hydrogen-bond acceptors (Lipinski definition) is 3. The van der Waals surface area contributed by atoms with E-state index >= 15 is 0 Å². The molecule has 1 unspecified atom stereocenters. The van der Waals surface area contributed by atoms with Crippen LogP contribution in [0.25, 0.3) is 0 Å². The average Bonchev–Trinajstić information content (AvgIpc) is 2.94. The third-order valence-electron chi connectivity index (χ3n) is 5.27. The number of rotatable bonds is 2. The summed E-state index contributed by atoms with van der Waals surface area (Å²) in [5.74, 6) is 0. The van der Waals surface area contributed by atoms with Crippen LogP contribution in [0.2, 0.25) is 0 Å². The second-order valence-electron chi connectivity index (χ2n) is 6.67. The van der Waals surface area contributed by atoms with Gasteiger partial charge in [0.1, 0.15) is 0 Å². The van der Waals surface area contributed by atoms with Gasteiger partial charge in [0.25, 0.3) is 0 Å². The van der Waals surface area contributed by atoms with Crippen LogP contribution >= 0.6 is 0 Å². The summed E-state index contributed by atoms with van der Waals surface area (Å²) in [6.45, 7) is 3.61. The van der Waals surface area contributed by atoms with Crippen molar-refractivity contribution in [3.63, 3.8) is 0 Å². The van der Waals surface area contributed by atoms with Crippen molar-refractivity contribution in [2.75, 3.05) is 26.2 Å². The normalized spacial score (nSPS) is 34.9. The van der Waals surface area contributed by atoms with Crippen molar-refractivity contribution in [3.8, 4) is 0 Å². The Kier molecular flexibility index (Phi) is 3.89. The Morgan fingerprint density at radius 2 is 1.79 bits per heavy atom. The van der Waals surface area contributed by atoms with Crippen LogP contribution < -0.4 is 5.32 Å². The van der Waals surface area contributed by atoms with Crippen LogP contribution in [0.4, 0.5) is 0 Å². The average molecular weight is 286 g/mol. The predicted octanol–water partition coefficient (Wildman–Crippen LogP) is 1.72. The van der Waals surface area contributed by atoms with E-state index in [4.69, 9.17) is 0 Å². The molecule has 0 aromatic heterocycles. The molecule has 1 spiro atoms. The monoisotopic (exact) mass is 286 g/mol. The number of nitrogens with zero attached hydrogens (tertiary/aromatic N) is 1. The van der Waals surface area contributed by atoms with Crippen LogP contribution in [0.1, 0.15) is 51.4 Å². The van der Waals surface area contributed by atoms with Crippen molar-refractivity contribution in [1.82, 2.24) is 9.62 Å². The van der Waals surface area contributed by atoms with Crippen molar-refractivity contribution in [3.05, 3.63) is 0 Å². The summed E-state index contributed by atoms with van der Waals surface area (Å²) >= 11 is 0. The first kappa shape index (κ1) is 13.8. The topological polar surface area (TPSA) is 49.4 Å². The summed E-state index contributed by atoms with van der Waals surface area (Å²) in [6, 6.07) is 0. The Bertz CT molecular complexity index is 404. The van der Waals surface area contributed by atoms with Crippen LogP contribution in [-0.2, 0) is 10.0 Å². The van der Waals surface area contributed by atoms with Gasteiger partial charge in [0.15, 0.2) is 0 Å². The Morgan fingerprint density at radius 1 is 1.05 bits per heavy atom. The van der Waals surface area contributed by atoms with Gasteiger partial charge in [-0.2, -0.15) is 0 Å². The molecule has 0 radical (unpaired) electrons. The summed E-state index contributed by atoms with van der Waals surface area (Å²) in [6.07, 6.45) is 8.54. The molecule has 1 atom stereocenters.